The zero-order valence-electron chi connectivity index (χ0n) is 26.0. The van der Waals surface area contributed by atoms with Crippen LogP contribution in [0.15, 0.2) is 140 Å². The largest absolute Gasteiger partial charge is 0.453 e. The first kappa shape index (κ1) is 28.0. The molecule has 6 aromatic rings. The van der Waals surface area contributed by atoms with Crippen molar-refractivity contribution in [3.8, 4) is 22.6 Å². The molecular formula is C42H39NO. The van der Waals surface area contributed by atoms with Gasteiger partial charge in [-0.25, -0.2) is 0 Å². The van der Waals surface area contributed by atoms with E-state index in [-0.39, 0.29) is 10.8 Å². The van der Waals surface area contributed by atoms with Crippen molar-refractivity contribution in [1.29, 1.82) is 0 Å². The van der Waals surface area contributed by atoms with E-state index in [1.54, 1.807) is 0 Å². The molecule has 0 N–H and O–H groups in total. The maximum Gasteiger partial charge on any atom is 0.151 e. The van der Waals surface area contributed by atoms with Crippen molar-refractivity contribution >= 4 is 27.8 Å². The van der Waals surface area contributed by atoms with Crippen LogP contribution in [0.2, 0.25) is 0 Å². The Labute approximate surface area is 261 Å². The molecule has 0 spiro atoms. The third-order valence-electron chi connectivity index (χ3n) is 9.45. The molecule has 2 nitrogen and oxygen atoms in total. The molecule has 0 saturated carbocycles. The molecule has 44 heavy (non-hydrogen) atoms. The number of hydrogen-bond acceptors (Lipinski definition) is 2. The van der Waals surface area contributed by atoms with Crippen molar-refractivity contribution in [2.75, 3.05) is 4.90 Å². The summed E-state index contributed by atoms with van der Waals surface area (Å²) in [5, 5.41) is 2.56. The van der Waals surface area contributed by atoms with Gasteiger partial charge in [0.15, 0.2) is 11.5 Å². The molecule has 0 unspecified atom stereocenters. The lowest BCUT2D eigenvalue weighted by Gasteiger charge is -2.35. The second kappa shape index (κ2) is 11.0. The smallest absolute Gasteiger partial charge is 0.151 e. The van der Waals surface area contributed by atoms with E-state index in [9.17, 15) is 0 Å². The summed E-state index contributed by atoms with van der Waals surface area (Å²) in [4.78, 5) is 2.30. The fourth-order valence-electron chi connectivity index (χ4n) is 6.43. The lowest BCUT2D eigenvalue weighted by atomic mass is 9.72. The molecule has 0 aliphatic carbocycles. The van der Waals surface area contributed by atoms with Crippen LogP contribution in [0, 0.1) is 0 Å². The molecule has 0 radical (unpaired) electrons. The number of benzene rings is 6. The zero-order chi connectivity index (χ0) is 30.3. The van der Waals surface area contributed by atoms with Crippen LogP contribution in [-0.2, 0) is 10.8 Å². The minimum atomic E-state index is -0.0186. The van der Waals surface area contributed by atoms with E-state index in [1.165, 1.54) is 33.0 Å². The maximum atomic E-state index is 6.51. The topological polar surface area (TPSA) is 12.5 Å². The number of fused-ring (bicyclic) bond motifs is 3. The van der Waals surface area contributed by atoms with Gasteiger partial charge in [-0.1, -0.05) is 125 Å². The molecule has 1 heterocycles. The fraction of sp³-hybridized carbons (Fsp3) is 0.190. The van der Waals surface area contributed by atoms with E-state index in [0.717, 1.165) is 41.4 Å². The Morgan fingerprint density at radius 1 is 0.477 bits per heavy atom. The third kappa shape index (κ3) is 5.26. The highest BCUT2D eigenvalue weighted by atomic mass is 16.5. The standard InChI is InChI=1S/C42H39NO/c1-41(2,34-22-20-31(21-23-34)33-19-18-30-12-8-9-13-32(30)28-33)26-27-42(3,4)35-24-25-38-40(29-35)44-39-17-11-10-16-37(39)43(38)36-14-6-5-7-15-36/h5-25,28-29H,26-27H2,1-4H3. The summed E-state index contributed by atoms with van der Waals surface area (Å²) in [6, 6.07) is 50.1. The van der Waals surface area contributed by atoms with Gasteiger partial charge in [0.1, 0.15) is 0 Å². The molecule has 0 saturated heterocycles. The molecular weight excluding hydrogens is 534 g/mol. The highest BCUT2D eigenvalue weighted by Gasteiger charge is 2.31. The lowest BCUT2D eigenvalue weighted by molar-refractivity contribution is 0.373. The van der Waals surface area contributed by atoms with Gasteiger partial charge in [0.25, 0.3) is 0 Å². The second-order valence-corrected chi connectivity index (χ2v) is 13.3. The number of rotatable bonds is 7. The Bertz CT molecular complexity index is 1940. The van der Waals surface area contributed by atoms with Gasteiger partial charge in [0.05, 0.1) is 11.4 Å². The van der Waals surface area contributed by atoms with Gasteiger partial charge >= 0.3 is 0 Å². The summed E-state index contributed by atoms with van der Waals surface area (Å²) in [5.41, 5.74) is 8.49. The molecule has 0 atom stereocenters. The molecule has 2 heteroatoms. The Hall–Kier alpha value is -4.82. The molecule has 218 valence electrons. The van der Waals surface area contributed by atoms with Crippen molar-refractivity contribution in [3.63, 3.8) is 0 Å². The van der Waals surface area contributed by atoms with Gasteiger partial charge in [-0.05, 0) is 99.2 Å². The number of hydrogen-bond donors (Lipinski definition) is 0. The highest BCUT2D eigenvalue weighted by Crippen LogP contribution is 2.51. The van der Waals surface area contributed by atoms with Crippen LogP contribution < -0.4 is 9.64 Å². The Morgan fingerprint density at radius 3 is 1.84 bits per heavy atom. The van der Waals surface area contributed by atoms with Crippen molar-refractivity contribution < 1.29 is 4.74 Å². The average molecular weight is 574 g/mol. The van der Waals surface area contributed by atoms with Crippen LogP contribution in [0.3, 0.4) is 0 Å². The lowest BCUT2D eigenvalue weighted by Crippen LogP contribution is -2.25. The molecule has 0 fully saturated rings. The van der Waals surface area contributed by atoms with Crippen LogP contribution in [0.4, 0.5) is 17.1 Å². The van der Waals surface area contributed by atoms with E-state index in [4.69, 9.17) is 4.74 Å². The Morgan fingerprint density at radius 2 is 1.07 bits per heavy atom. The van der Waals surface area contributed by atoms with Crippen molar-refractivity contribution in [1.82, 2.24) is 0 Å². The Balaban J connectivity index is 1.10. The summed E-state index contributed by atoms with van der Waals surface area (Å²) < 4.78 is 6.51. The summed E-state index contributed by atoms with van der Waals surface area (Å²) in [6.45, 7) is 9.47. The van der Waals surface area contributed by atoms with Crippen molar-refractivity contribution in [2.45, 2.75) is 51.4 Å². The molecule has 0 bridgehead atoms. The highest BCUT2D eigenvalue weighted by molar-refractivity contribution is 5.88. The minimum Gasteiger partial charge on any atom is -0.453 e. The van der Waals surface area contributed by atoms with Gasteiger partial charge in [-0.2, -0.15) is 0 Å². The minimum absolute atomic E-state index is 0.0186. The normalized spacial score (nSPS) is 12.9. The summed E-state index contributed by atoms with van der Waals surface area (Å²) in [5.74, 6) is 1.79. The molecule has 1 aliphatic heterocycles. The van der Waals surface area contributed by atoms with Gasteiger partial charge in [0.2, 0.25) is 0 Å². The summed E-state index contributed by atoms with van der Waals surface area (Å²) in [6.07, 6.45) is 2.14. The number of para-hydroxylation sites is 3. The predicted octanol–water partition coefficient (Wildman–Crippen LogP) is 12.1. The van der Waals surface area contributed by atoms with Crippen molar-refractivity contribution in [3.05, 3.63) is 151 Å². The van der Waals surface area contributed by atoms with E-state index in [0.29, 0.717) is 0 Å². The van der Waals surface area contributed by atoms with E-state index in [1.807, 2.05) is 6.07 Å². The molecule has 0 aromatic heterocycles. The van der Waals surface area contributed by atoms with Crippen LogP contribution in [0.1, 0.15) is 51.7 Å². The molecule has 7 rings (SSSR count). The first-order valence-corrected chi connectivity index (χ1v) is 15.6. The summed E-state index contributed by atoms with van der Waals surface area (Å²) >= 11 is 0. The van der Waals surface area contributed by atoms with E-state index >= 15 is 0 Å². The maximum absolute atomic E-state index is 6.51. The van der Waals surface area contributed by atoms with Crippen LogP contribution >= 0.6 is 0 Å². The monoisotopic (exact) mass is 573 g/mol. The van der Waals surface area contributed by atoms with Crippen LogP contribution in [0.25, 0.3) is 21.9 Å². The fourth-order valence-corrected chi connectivity index (χ4v) is 6.43. The third-order valence-corrected chi connectivity index (χ3v) is 9.45. The number of ether oxygens (including phenoxy) is 1. The quantitative estimate of drug-likeness (QED) is 0.188. The molecule has 6 aromatic carbocycles. The molecule has 0 amide bonds. The predicted molar refractivity (Wildman–Crippen MR) is 186 cm³/mol. The van der Waals surface area contributed by atoms with Crippen molar-refractivity contribution in [2.24, 2.45) is 0 Å². The van der Waals surface area contributed by atoms with Gasteiger partial charge < -0.3 is 9.64 Å². The average Bonchev–Trinajstić information content (AvgIpc) is 3.06. The van der Waals surface area contributed by atoms with Gasteiger partial charge in [0, 0.05) is 5.69 Å². The number of anilines is 3. The SMILES string of the molecule is CC(C)(CCC(C)(C)c1ccc2c(c1)Oc1ccccc1N2c1ccccc1)c1ccc(-c2ccc3ccccc3c2)cc1. The van der Waals surface area contributed by atoms with Crippen LogP contribution in [-0.4, -0.2) is 0 Å². The van der Waals surface area contributed by atoms with E-state index < -0.39 is 0 Å². The molecule has 1 aliphatic rings. The van der Waals surface area contributed by atoms with Gasteiger partial charge in [-0.15, -0.1) is 0 Å². The Kier molecular flexibility index (Phi) is 7.01. The van der Waals surface area contributed by atoms with E-state index in [2.05, 4.69) is 166 Å². The zero-order valence-corrected chi connectivity index (χ0v) is 26.0. The second-order valence-electron chi connectivity index (χ2n) is 13.3. The summed E-state index contributed by atoms with van der Waals surface area (Å²) in [7, 11) is 0. The van der Waals surface area contributed by atoms with Gasteiger partial charge in [-0.3, -0.25) is 0 Å². The first-order valence-electron chi connectivity index (χ1n) is 15.6. The van der Waals surface area contributed by atoms with Crippen LogP contribution in [0.5, 0.6) is 11.5 Å². The number of nitrogens with zero attached hydrogens (tertiary/aromatic N) is 1. The first-order chi connectivity index (χ1) is 21.3.